The topological polar surface area (TPSA) is 135 Å². The quantitative estimate of drug-likeness (QED) is 0.0577. The number of amides is 2. The Morgan fingerprint density at radius 1 is 1.15 bits per heavy atom. The van der Waals surface area contributed by atoms with Crippen LogP contribution < -0.4 is 0 Å². The molecule has 3 rings (SSSR count). The number of non-ortho nitro benzene ring substituents is 1. The minimum absolute atomic E-state index is 0. The van der Waals surface area contributed by atoms with Crippen LogP contribution >= 0.6 is 9.69 Å². The third-order valence-corrected chi connectivity index (χ3v) is 6.75. The van der Waals surface area contributed by atoms with Crippen LogP contribution in [0.15, 0.2) is 78.9 Å². The molecule has 2 amide bonds. The normalized spacial score (nSPS) is 10.8. The van der Waals surface area contributed by atoms with Crippen molar-refractivity contribution in [3.63, 3.8) is 0 Å². The number of phenols is 1. The van der Waals surface area contributed by atoms with Gasteiger partial charge in [-0.3, -0.25) is 15.1 Å². The molecule has 0 aliphatic carbocycles. The number of nitrogens with zero attached hydrogens (tertiary/aromatic N) is 4. The van der Waals surface area contributed by atoms with Gasteiger partial charge in [0.15, 0.2) is 0 Å². The SMILES string of the molecule is C=CCN(CC=C)C(=O)OC.COC(=O)N1CC=CC1.C[CH]=[Ru][Cl].Cc1cccc(C)c1N=Cc1cc([N+](=O)[O-])ccc1O.[C-]#C.[CH3-].[HH].[HH]. The molecule has 0 bridgehead atoms. The van der Waals surface area contributed by atoms with Gasteiger partial charge in [0.2, 0.25) is 0 Å². The number of aromatic hydroxyl groups is 1. The van der Waals surface area contributed by atoms with Gasteiger partial charge in [-0.15, -0.1) is 13.2 Å². The van der Waals surface area contributed by atoms with Crippen LogP contribution in [0.1, 0.15) is 26.5 Å². The molecule has 11 nitrogen and oxygen atoms in total. The number of benzene rings is 2. The maximum Gasteiger partial charge on any atom is 0.270 e. The van der Waals surface area contributed by atoms with Crippen LogP contribution in [0, 0.1) is 44.2 Å². The first-order valence-electron chi connectivity index (χ1n) is 13.4. The summed E-state index contributed by atoms with van der Waals surface area (Å²) in [5.41, 5.74) is 3.06. The van der Waals surface area contributed by atoms with Crippen LogP contribution in [-0.4, -0.2) is 83.2 Å². The number of terminal acetylenes is 1. The number of nitro groups is 1. The van der Waals surface area contributed by atoms with E-state index in [1.54, 1.807) is 17.1 Å². The molecule has 47 heavy (non-hydrogen) atoms. The first-order chi connectivity index (χ1) is 22.0. The molecule has 0 saturated carbocycles. The van der Waals surface area contributed by atoms with Gasteiger partial charge in [-0.05, 0) is 31.0 Å². The van der Waals surface area contributed by atoms with Crippen molar-refractivity contribution < 1.29 is 47.6 Å². The van der Waals surface area contributed by atoms with E-state index in [2.05, 4.69) is 34.0 Å². The molecule has 0 fully saturated rings. The molecule has 13 heteroatoms. The van der Waals surface area contributed by atoms with Gasteiger partial charge in [0.1, 0.15) is 5.75 Å². The number of nitro benzene ring substituents is 1. The van der Waals surface area contributed by atoms with E-state index < -0.39 is 4.92 Å². The van der Waals surface area contributed by atoms with Gasteiger partial charge < -0.3 is 44.7 Å². The van der Waals surface area contributed by atoms with Crippen molar-refractivity contribution in [3.8, 4) is 12.2 Å². The van der Waals surface area contributed by atoms with Crippen LogP contribution in [0.2, 0.25) is 0 Å². The summed E-state index contributed by atoms with van der Waals surface area (Å²) in [6, 6.07) is 9.66. The van der Waals surface area contributed by atoms with Crippen molar-refractivity contribution in [3.05, 3.63) is 115 Å². The van der Waals surface area contributed by atoms with Crippen molar-refractivity contribution >= 4 is 44.1 Å². The Balaban J connectivity index is -0.000000191. The standard InChI is InChI=1S/C15H14N2O3.C8H13NO2.C6H9NO2.C2H4.C2H.CH3.ClH.Ru.2H2/c1-10-4-3-5-11(2)15(10)16-9-12-8-13(17(19)20)6-7-14(12)18;1-4-6-9(7-5-2)8(10)11-3;1-9-6(8)7-4-2-3-5-7;2*1-2;;;;;/h3-9,18H,1-2H3;4-5H,1-2,6-7H2,3H3;2-3H,4-5H2,1H3;1H,2H3;1H;1H3;1H;;2*1H/q;;;;2*-1;;+1;;/p-1. The van der Waals surface area contributed by atoms with E-state index in [4.69, 9.17) is 16.1 Å². The van der Waals surface area contributed by atoms with Gasteiger partial charge >= 0.3 is 49.1 Å². The molecular formula is C34H48ClN4O7Ru-2. The van der Waals surface area contributed by atoms with Crippen molar-refractivity contribution in [2.75, 3.05) is 40.4 Å². The number of hydrogen-bond donors (Lipinski definition) is 1. The number of para-hydroxylation sites is 1. The van der Waals surface area contributed by atoms with E-state index in [0.29, 0.717) is 31.7 Å². The van der Waals surface area contributed by atoms with Crippen LogP contribution in [0.5, 0.6) is 5.75 Å². The first-order valence-corrected chi connectivity index (χ1v) is 16.6. The number of rotatable bonds is 7. The Kier molecular flexibility index (Phi) is 28.8. The molecule has 1 heterocycles. The Hall–Kier alpha value is -4.59. The summed E-state index contributed by atoms with van der Waals surface area (Å²) in [7, 11) is 7.96. The molecule has 1 aliphatic rings. The first kappa shape index (κ1) is 46.8. The summed E-state index contributed by atoms with van der Waals surface area (Å²) in [5.74, 6) is -0.0365. The van der Waals surface area contributed by atoms with Crippen LogP contribution in [0.4, 0.5) is 21.0 Å². The van der Waals surface area contributed by atoms with E-state index in [-0.39, 0.29) is 49.6 Å². The van der Waals surface area contributed by atoms with Gasteiger partial charge in [0, 0.05) is 52.9 Å². The number of phenolic OH excluding ortho intramolecular Hbond substituents is 1. The summed E-state index contributed by atoms with van der Waals surface area (Å²) in [6.45, 7) is 15.2. The molecule has 0 aromatic heterocycles. The summed E-state index contributed by atoms with van der Waals surface area (Å²) in [5, 5.41) is 20.4. The Morgan fingerprint density at radius 3 is 2.06 bits per heavy atom. The van der Waals surface area contributed by atoms with Gasteiger partial charge in [-0.25, -0.2) is 9.59 Å². The Labute approximate surface area is 293 Å². The van der Waals surface area contributed by atoms with Crippen molar-refractivity contribution in [1.29, 1.82) is 0 Å². The van der Waals surface area contributed by atoms with Crippen molar-refractivity contribution in [1.82, 2.24) is 9.80 Å². The van der Waals surface area contributed by atoms with E-state index >= 15 is 0 Å². The zero-order valence-electron chi connectivity index (χ0n) is 27.7. The fourth-order valence-electron chi connectivity index (χ4n) is 3.32. The maximum absolute atomic E-state index is 10.9. The fraction of sp³-hybridized carbons (Fsp3) is 0.265. The molecule has 0 saturated heterocycles. The average Bonchev–Trinajstić information content (AvgIpc) is 3.61. The molecule has 263 valence electrons. The molecule has 0 radical (unpaired) electrons. The van der Waals surface area contributed by atoms with Crippen molar-refractivity contribution in [2.45, 2.75) is 20.8 Å². The molecule has 2 aromatic rings. The number of halogens is 1. The van der Waals surface area contributed by atoms with E-state index in [1.807, 2.05) is 55.7 Å². The molecule has 0 atom stereocenters. The largest absolute Gasteiger partial charge is 0.697 e. The predicted octanol–water partition coefficient (Wildman–Crippen LogP) is 7.91. The maximum atomic E-state index is 10.9. The van der Waals surface area contributed by atoms with E-state index in [1.165, 1.54) is 43.5 Å². The number of aliphatic imine (C=N–C) groups is 1. The van der Waals surface area contributed by atoms with Crippen molar-refractivity contribution in [2.24, 2.45) is 4.99 Å². The smallest absolute Gasteiger partial charge is 0.270 e. The minimum atomic E-state index is -0.504. The molecule has 0 unspecified atom stereocenters. The molecule has 0 spiro atoms. The van der Waals surface area contributed by atoms with Gasteiger partial charge in [0.25, 0.3) is 5.69 Å². The van der Waals surface area contributed by atoms with E-state index in [0.717, 1.165) is 16.8 Å². The molecular weight excluding hydrogens is 713 g/mol. The van der Waals surface area contributed by atoms with E-state index in [9.17, 15) is 24.8 Å². The Bertz CT molecular complexity index is 1350. The summed E-state index contributed by atoms with van der Waals surface area (Å²) < 4.78 is 11.0. The van der Waals surface area contributed by atoms with Gasteiger partial charge in [-0.1, -0.05) is 42.5 Å². The second kappa shape index (κ2) is 28.9. The second-order valence-corrected chi connectivity index (χ2v) is 10.9. The number of aryl methyl sites for hydroxylation is 2. The zero-order chi connectivity index (χ0) is 35.5. The number of carbonyl (C=O) groups excluding carboxylic acids is 2. The molecule has 1 aliphatic heterocycles. The zero-order valence-corrected chi connectivity index (χ0v) is 30.2. The third-order valence-electron chi connectivity index (χ3n) is 5.45. The minimum Gasteiger partial charge on any atom is -0.697 e. The number of methoxy groups -OCH3 is 2. The number of ether oxygens (including phenoxy) is 2. The monoisotopic (exact) mass is 761 g/mol. The third kappa shape index (κ3) is 19.5. The Morgan fingerprint density at radius 2 is 1.66 bits per heavy atom. The summed E-state index contributed by atoms with van der Waals surface area (Å²) >= 11 is 0.0867. The van der Waals surface area contributed by atoms with Crippen LogP contribution in [0.25, 0.3) is 0 Å². The van der Waals surface area contributed by atoms with Gasteiger partial charge in [-0.2, -0.15) is 0 Å². The average molecular weight is 761 g/mol. The van der Waals surface area contributed by atoms with Crippen LogP contribution in [0.3, 0.4) is 0 Å². The number of hydrogen-bond acceptors (Lipinski definition) is 8. The summed E-state index contributed by atoms with van der Waals surface area (Å²) in [6.07, 6.45) is 17.0. The van der Waals surface area contributed by atoms with Crippen LogP contribution in [-0.2, 0) is 25.2 Å². The van der Waals surface area contributed by atoms with Gasteiger partial charge in [0.05, 0.1) is 24.8 Å². The number of carbonyl (C=O) groups is 2. The molecule has 1 N–H and O–H groups in total. The fourth-order valence-corrected chi connectivity index (χ4v) is 3.32. The predicted molar refractivity (Wildman–Crippen MR) is 192 cm³/mol. The molecule has 2 aromatic carbocycles. The second-order valence-electron chi connectivity index (χ2n) is 8.58. The summed E-state index contributed by atoms with van der Waals surface area (Å²) in [4.78, 5) is 39.2.